The fourth-order valence-corrected chi connectivity index (χ4v) is 2.63. The monoisotopic (exact) mass is 290 g/mol. The molecule has 0 saturated carbocycles. The van der Waals surface area contributed by atoms with Crippen LogP contribution in [0.5, 0.6) is 0 Å². The van der Waals surface area contributed by atoms with Crippen LogP contribution in [-0.4, -0.2) is 18.0 Å². The average molecular weight is 290 g/mol. The third-order valence-corrected chi connectivity index (χ3v) is 3.84. The molecule has 1 unspecified atom stereocenters. The molecule has 2 aromatic rings. The van der Waals surface area contributed by atoms with E-state index in [1.807, 2.05) is 48.5 Å². The molecule has 0 spiro atoms. The van der Waals surface area contributed by atoms with Gasteiger partial charge in [0.15, 0.2) is 0 Å². The zero-order valence-corrected chi connectivity index (χ0v) is 12.5. The Morgan fingerprint density at radius 2 is 1.73 bits per heavy atom. The third-order valence-electron chi connectivity index (χ3n) is 3.84. The van der Waals surface area contributed by atoms with Gasteiger partial charge in [-0.15, -0.1) is 0 Å². The highest BCUT2D eigenvalue weighted by molar-refractivity contribution is 6.47. The number of benzene rings is 2. The fraction of sp³-hybridized carbons (Fsp3) is 0.158. The summed E-state index contributed by atoms with van der Waals surface area (Å²) in [6, 6.07) is 19.4. The van der Waals surface area contributed by atoms with Crippen LogP contribution < -0.4 is 5.43 Å². The molecule has 2 aromatic carbocycles. The highest BCUT2D eigenvalue weighted by Crippen LogP contribution is 2.21. The number of carbonyl (C=O) groups excluding carboxylic acids is 1. The molecule has 3 rings (SSSR count). The molecule has 1 N–H and O–H groups in total. The molecular weight excluding hydrogens is 272 g/mol. The summed E-state index contributed by atoms with van der Waals surface area (Å²) < 4.78 is 0. The summed E-state index contributed by atoms with van der Waals surface area (Å²) in [5, 5.41) is 4.23. The average Bonchev–Trinajstić information content (AvgIpc) is 3.05. The smallest absolute Gasteiger partial charge is 0.209 e. The van der Waals surface area contributed by atoms with E-state index in [9.17, 15) is 4.79 Å². The molecule has 0 amide bonds. The number of nitrogens with zero attached hydrogens (tertiary/aromatic N) is 1. The molecule has 0 aromatic heterocycles. The van der Waals surface area contributed by atoms with Crippen LogP contribution in [0.15, 0.2) is 71.3 Å². The highest BCUT2D eigenvalue weighted by Gasteiger charge is 2.29. The molecule has 1 aliphatic heterocycles. The number of hydrazone groups is 1. The van der Waals surface area contributed by atoms with Crippen LogP contribution in [0.25, 0.3) is 6.08 Å². The van der Waals surface area contributed by atoms with Crippen LogP contribution in [0, 0.1) is 5.92 Å². The Labute approximate surface area is 130 Å². The molecule has 0 fully saturated rings. The second kappa shape index (κ2) is 6.39. The lowest BCUT2D eigenvalue weighted by Gasteiger charge is -2.12. The topological polar surface area (TPSA) is 41.5 Å². The Balaban J connectivity index is 1.84. The first-order chi connectivity index (χ1) is 10.8. The van der Waals surface area contributed by atoms with Crippen LogP contribution in [0.1, 0.15) is 22.8 Å². The fourth-order valence-electron chi connectivity index (χ4n) is 2.63. The number of hydrogen-bond donors (Lipinski definition) is 1. The first-order valence-corrected chi connectivity index (χ1v) is 7.39. The Morgan fingerprint density at radius 1 is 1.09 bits per heavy atom. The van der Waals surface area contributed by atoms with Crippen LogP contribution in [0.4, 0.5) is 0 Å². The van der Waals surface area contributed by atoms with E-state index >= 15 is 0 Å². The normalized spacial score (nSPS) is 17.8. The molecule has 1 heterocycles. The second-order valence-corrected chi connectivity index (χ2v) is 5.41. The van der Waals surface area contributed by atoms with Crippen molar-refractivity contribution < 1.29 is 4.79 Å². The maximum atomic E-state index is 12.6. The summed E-state index contributed by atoms with van der Waals surface area (Å²) in [7, 11) is 0. The van der Waals surface area contributed by atoms with Crippen molar-refractivity contribution in [2.75, 3.05) is 6.54 Å². The molecule has 0 aliphatic carbocycles. The number of nitrogens with one attached hydrogen (secondary N) is 1. The summed E-state index contributed by atoms with van der Waals surface area (Å²) in [5.41, 5.74) is 6.52. The molecule has 110 valence electrons. The third kappa shape index (κ3) is 2.98. The number of hydrogen-bond acceptors (Lipinski definition) is 3. The van der Waals surface area contributed by atoms with Crippen molar-refractivity contribution in [3.63, 3.8) is 0 Å². The molecular formula is C19H18N2O. The van der Waals surface area contributed by atoms with Crippen molar-refractivity contribution in [2.45, 2.75) is 6.92 Å². The van der Waals surface area contributed by atoms with Gasteiger partial charge in [0.05, 0.1) is 0 Å². The van der Waals surface area contributed by atoms with Crippen LogP contribution in [0.3, 0.4) is 0 Å². The zero-order chi connectivity index (χ0) is 15.4. The Morgan fingerprint density at radius 3 is 2.41 bits per heavy atom. The number of Topliss-reactive ketones (excluding diaryl/α,β-unsaturated/α-hetero) is 1. The minimum absolute atomic E-state index is 0.00332. The lowest BCUT2D eigenvalue weighted by molar-refractivity contribution is 0.106. The van der Waals surface area contributed by atoms with Crippen molar-refractivity contribution in [1.82, 2.24) is 5.43 Å². The first-order valence-electron chi connectivity index (χ1n) is 7.39. The van der Waals surface area contributed by atoms with Crippen molar-refractivity contribution in [3.8, 4) is 0 Å². The maximum Gasteiger partial charge on any atom is 0.209 e. The summed E-state index contributed by atoms with van der Waals surface area (Å²) in [6.07, 6.45) is 2.12. The number of carbonyl (C=O) groups is 1. The van der Waals surface area contributed by atoms with Gasteiger partial charge in [-0.1, -0.05) is 72.3 Å². The van der Waals surface area contributed by atoms with E-state index in [0.29, 0.717) is 17.8 Å². The Bertz CT molecular complexity index is 718. The van der Waals surface area contributed by atoms with E-state index in [1.165, 1.54) is 0 Å². The lowest BCUT2D eigenvalue weighted by atomic mass is 9.90. The van der Waals surface area contributed by atoms with E-state index in [0.717, 1.165) is 11.1 Å². The van der Waals surface area contributed by atoms with Gasteiger partial charge in [0.25, 0.3) is 0 Å². The molecule has 0 bridgehead atoms. The maximum absolute atomic E-state index is 12.6. The summed E-state index contributed by atoms with van der Waals surface area (Å²) in [6.45, 7) is 2.72. The van der Waals surface area contributed by atoms with Crippen LogP contribution >= 0.6 is 0 Å². The number of rotatable bonds is 4. The minimum Gasteiger partial charge on any atom is -0.309 e. The molecule has 0 radical (unpaired) electrons. The van der Waals surface area contributed by atoms with Gasteiger partial charge in [-0.25, -0.2) is 0 Å². The van der Waals surface area contributed by atoms with E-state index in [4.69, 9.17) is 0 Å². The molecule has 0 saturated heterocycles. The first kappa shape index (κ1) is 14.3. The van der Waals surface area contributed by atoms with E-state index in [-0.39, 0.29) is 11.7 Å². The van der Waals surface area contributed by atoms with Gasteiger partial charge in [-0.3, -0.25) is 4.79 Å². The van der Waals surface area contributed by atoms with Gasteiger partial charge in [0.1, 0.15) is 5.71 Å². The highest BCUT2D eigenvalue weighted by atomic mass is 16.1. The van der Waals surface area contributed by atoms with Crippen molar-refractivity contribution >= 4 is 17.6 Å². The largest absolute Gasteiger partial charge is 0.309 e. The van der Waals surface area contributed by atoms with Crippen LogP contribution in [0.2, 0.25) is 0 Å². The second-order valence-electron chi connectivity index (χ2n) is 5.41. The van der Waals surface area contributed by atoms with E-state index in [2.05, 4.69) is 35.7 Å². The standard InChI is InChI=1S/C19H18N2O/c1-14(12-15-8-4-2-5-9-15)17-13-20-21-18(17)19(22)16-10-6-3-7-11-16/h2-12,17,20H,13H2,1H3/b14-12+. The summed E-state index contributed by atoms with van der Waals surface area (Å²) in [4.78, 5) is 12.6. The summed E-state index contributed by atoms with van der Waals surface area (Å²) >= 11 is 0. The van der Waals surface area contributed by atoms with Gasteiger partial charge in [-0.05, 0) is 12.5 Å². The van der Waals surface area contributed by atoms with Gasteiger partial charge in [-0.2, -0.15) is 5.10 Å². The SMILES string of the molecule is C/C(=C\c1ccccc1)C1CNN=C1C(=O)c1ccccc1. The molecule has 1 atom stereocenters. The van der Waals surface area contributed by atoms with Gasteiger partial charge >= 0.3 is 0 Å². The van der Waals surface area contributed by atoms with Gasteiger partial charge < -0.3 is 5.43 Å². The predicted octanol–water partition coefficient (Wildman–Crippen LogP) is 3.55. The lowest BCUT2D eigenvalue weighted by Crippen LogP contribution is -2.24. The van der Waals surface area contributed by atoms with Gasteiger partial charge in [0.2, 0.25) is 5.78 Å². The Hall–Kier alpha value is -2.68. The minimum atomic E-state index is -0.00332. The summed E-state index contributed by atoms with van der Waals surface area (Å²) in [5.74, 6) is 0.0179. The van der Waals surface area contributed by atoms with Crippen molar-refractivity contribution in [1.29, 1.82) is 0 Å². The van der Waals surface area contributed by atoms with Crippen molar-refractivity contribution in [2.24, 2.45) is 11.0 Å². The Kier molecular flexibility index (Phi) is 4.15. The van der Waals surface area contributed by atoms with Crippen LogP contribution in [-0.2, 0) is 0 Å². The molecule has 3 heteroatoms. The zero-order valence-electron chi connectivity index (χ0n) is 12.5. The van der Waals surface area contributed by atoms with E-state index in [1.54, 1.807) is 0 Å². The number of ketones is 1. The van der Waals surface area contributed by atoms with E-state index < -0.39 is 0 Å². The van der Waals surface area contributed by atoms with Crippen molar-refractivity contribution in [3.05, 3.63) is 77.4 Å². The molecule has 3 nitrogen and oxygen atoms in total. The predicted molar refractivity (Wildman–Crippen MR) is 89.8 cm³/mol. The molecule has 1 aliphatic rings. The quantitative estimate of drug-likeness (QED) is 0.875. The van der Waals surface area contributed by atoms with Gasteiger partial charge in [0, 0.05) is 18.0 Å². The molecule has 22 heavy (non-hydrogen) atoms.